The third kappa shape index (κ3) is 23.3. The number of alkyl carbamates (subject to hydrolysis) is 1. The van der Waals surface area contributed by atoms with Gasteiger partial charge in [0.2, 0.25) is 11.8 Å². The van der Waals surface area contributed by atoms with Gasteiger partial charge in [-0.3, -0.25) is 53.2 Å². The number of hydrogen-bond acceptors (Lipinski definition) is 14. The average molecular weight is 971 g/mol. The van der Waals surface area contributed by atoms with E-state index >= 15 is 0 Å². The molecule has 1 aliphatic rings. The molecular weight excluding hydrogens is 905 g/mol. The standard InChI is InChI=1S/C46H66N8O15/c1-46(2,3)69-45(68)47-16-8-7-11-35(44(66)67)49-37(55)25-48-43(65)36(24-31-9-5-4-6-10-31)50-42(64)33-14-12-32(13-15-33)23-34-26-53(29-40(60)61)20-19-51(27-38(56)57)17-18-52(28-39(58)59)21-22-54(34)30-41(62)63/h4-6,9-10,12-15,34-36H,7-8,11,16-30H2,1-3H3,(H,47,68)(H,48,65)(H,49,55)(H,50,64)(H,56,57)(H,58,59)(H,60,61)(H,62,63)(H,66,67). The van der Waals surface area contributed by atoms with Gasteiger partial charge >= 0.3 is 35.9 Å². The van der Waals surface area contributed by atoms with Crippen LogP contribution in [0.1, 0.15) is 61.5 Å². The Kier molecular flexibility index (Phi) is 23.5. The Hall–Kier alpha value is -6.69. The Morgan fingerprint density at radius 3 is 1.74 bits per heavy atom. The largest absolute Gasteiger partial charge is 0.480 e. The highest BCUT2D eigenvalue weighted by Crippen LogP contribution is 2.16. The van der Waals surface area contributed by atoms with Crippen molar-refractivity contribution in [1.82, 2.24) is 40.9 Å². The minimum absolute atomic E-state index is 0.0269. The molecule has 0 saturated carbocycles. The molecule has 0 radical (unpaired) electrons. The summed E-state index contributed by atoms with van der Waals surface area (Å²) < 4.78 is 5.17. The Bertz CT molecular complexity index is 2050. The van der Waals surface area contributed by atoms with Crippen molar-refractivity contribution in [3.8, 4) is 0 Å². The molecule has 2 aromatic rings. The summed E-state index contributed by atoms with van der Waals surface area (Å²) in [6.07, 6.45) is 0.377. The number of amides is 4. The lowest BCUT2D eigenvalue weighted by atomic mass is 10.0. The molecule has 69 heavy (non-hydrogen) atoms. The minimum Gasteiger partial charge on any atom is -0.480 e. The maximum absolute atomic E-state index is 13.7. The van der Waals surface area contributed by atoms with Gasteiger partial charge in [0.1, 0.15) is 17.7 Å². The molecule has 3 atom stereocenters. The van der Waals surface area contributed by atoms with E-state index in [1.165, 1.54) is 12.1 Å². The van der Waals surface area contributed by atoms with Crippen molar-refractivity contribution in [1.29, 1.82) is 0 Å². The van der Waals surface area contributed by atoms with Gasteiger partial charge in [-0.05, 0) is 69.7 Å². The predicted molar refractivity (Wildman–Crippen MR) is 247 cm³/mol. The molecular formula is C46H66N8O15. The van der Waals surface area contributed by atoms with Crippen LogP contribution >= 0.6 is 0 Å². The first-order valence-corrected chi connectivity index (χ1v) is 22.6. The maximum Gasteiger partial charge on any atom is 0.407 e. The van der Waals surface area contributed by atoms with Gasteiger partial charge in [-0.25, -0.2) is 9.59 Å². The van der Waals surface area contributed by atoms with Gasteiger partial charge in [-0.15, -0.1) is 0 Å². The number of carboxylic acids is 5. The van der Waals surface area contributed by atoms with Crippen molar-refractivity contribution in [2.75, 3.05) is 85.1 Å². The van der Waals surface area contributed by atoms with Crippen LogP contribution < -0.4 is 21.3 Å². The number of ether oxygens (including phenoxy) is 1. The fourth-order valence-corrected chi connectivity index (χ4v) is 7.49. The number of carbonyl (C=O) groups is 9. The lowest BCUT2D eigenvalue weighted by molar-refractivity contribution is -0.142. The summed E-state index contributed by atoms with van der Waals surface area (Å²) in [5.41, 5.74) is 0.780. The molecule has 2 aromatic carbocycles. The van der Waals surface area contributed by atoms with Crippen molar-refractivity contribution in [3.05, 3.63) is 71.3 Å². The van der Waals surface area contributed by atoms with Gasteiger partial charge in [-0.1, -0.05) is 42.5 Å². The zero-order valence-corrected chi connectivity index (χ0v) is 39.3. The zero-order chi connectivity index (χ0) is 51.1. The number of nitrogens with one attached hydrogen (secondary N) is 4. The molecule has 0 spiro atoms. The summed E-state index contributed by atoms with van der Waals surface area (Å²) in [5.74, 6) is -7.99. The van der Waals surface area contributed by atoms with Crippen molar-refractivity contribution in [3.63, 3.8) is 0 Å². The highest BCUT2D eigenvalue weighted by molar-refractivity contribution is 5.98. The fraction of sp³-hybridized carbons (Fsp3) is 0.543. The van der Waals surface area contributed by atoms with E-state index in [1.807, 2.05) is 0 Å². The second kappa shape index (κ2) is 28.6. The first-order valence-electron chi connectivity index (χ1n) is 22.6. The normalized spacial score (nSPS) is 16.6. The van der Waals surface area contributed by atoms with Crippen molar-refractivity contribution < 1.29 is 73.4 Å². The quantitative estimate of drug-likeness (QED) is 0.0619. The van der Waals surface area contributed by atoms with Crippen molar-refractivity contribution in [2.24, 2.45) is 0 Å². The van der Waals surface area contributed by atoms with Gasteiger partial charge in [0.15, 0.2) is 0 Å². The van der Waals surface area contributed by atoms with Gasteiger partial charge < -0.3 is 51.5 Å². The van der Waals surface area contributed by atoms with E-state index in [9.17, 15) is 68.7 Å². The number of unbranched alkanes of at least 4 members (excludes halogenated alkanes) is 1. The van der Waals surface area contributed by atoms with Crippen LogP contribution in [0.2, 0.25) is 0 Å². The molecule has 0 bridgehead atoms. The Labute approximate surface area is 400 Å². The van der Waals surface area contributed by atoms with E-state index in [0.717, 1.165) is 0 Å². The minimum atomic E-state index is -1.29. The summed E-state index contributed by atoms with van der Waals surface area (Å²) in [7, 11) is 0. The van der Waals surface area contributed by atoms with E-state index in [0.29, 0.717) is 24.0 Å². The monoisotopic (exact) mass is 970 g/mol. The maximum atomic E-state index is 13.7. The molecule has 1 fully saturated rings. The Morgan fingerprint density at radius 2 is 1.19 bits per heavy atom. The third-order valence-corrected chi connectivity index (χ3v) is 10.8. The fourth-order valence-electron chi connectivity index (χ4n) is 7.49. The van der Waals surface area contributed by atoms with E-state index in [2.05, 4.69) is 21.3 Å². The van der Waals surface area contributed by atoms with Crippen LogP contribution in [0.15, 0.2) is 54.6 Å². The number of nitrogens with zero attached hydrogens (tertiary/aromatic N) is 4. The second-order valence-electron chi connectivity index (χ2n) is 17.7. The molecule has 3 unspecified atom stereocenters. The highest BCUT2D eigenvalue weighted by atomic mass is 16.6. The smallest absolute Gasteiger partial charge is 0.407 e. The summed E-state index contributed by atoms with van der Waals surface area (Å²) in [6.45, 7) is 3.98. The van der Waals surface area contributed by atoms with Crippen LogP contribution in [-0.2, 0) is 51.1 Å². The predicted octanol–water partition coefficient (Wildman–Crippen LogP) is -0.121. The number of benzene rings is 2. The third-order valence-electron chi connectivity index (χ3n) is 10.8. The Morgan fingerprint density at radius 1 is 0.638 bits per heavy atom. The molecule has 0 aromatic heterocycles. The first-order chi connectivity index (χ1) is 32.6. The summed E-state index contributed by atoms with van der Waals surface area (Å²) >= 11 is 0. The summed E-state index contributed by atoms with van der Waals surface area (Å²) in [6, 6.07) is 11.9. The number of aliphatic carboxylic acids is 5. The molecule has 1 saturated heterocycles. The van der Waals surface area contributed by atoms with Crippen molar-refractivity contribution in [2.45, 2.75) is 76.6 Å². The van der Waals surface area contributed by atoms with Crippen LogP contribution in [-0.4, -0.2) is 208 Å². The van der Waals surface area contributed by atoms with Gasteiger partial charge in [0.25, 0.3) is 5.91 Å². The molecule has 9 N–H and O–H groups in total. The molecule has 1 aliphatic heterocycles. The Balaban J connectivity index is 1.75. The number of rotatable bonds is 24. The zero-order valence-electron chi connectivity index (χ0n) is 39.3. The molecule has 23 heteroatoms. The SMILES string of the molecule is CC(C)(C)OC(=O)NCCCCC(NC(=O)CNC(=O)C(Cc1ccccc1)NC(=O)c1ccc(CC2CN(CC(=O)O)CCN(CC(=O)O)CCN(CC(=O)O)CCN2CC(=O)O)cc1)C(=O)O. The van der Waals surface area contributed by atoms with Gasteiger partial charge in [-0.2, -0.15) is 0 Å². The highest BCUT2D eigenvalue weighted by Gasteiger charge is 2.29. The lowest BCUT2D eigenvalue weighted by Gasteiger charge is -2.37. The first kappa shape index (κ1) is 56.6. The van der Waals surface area contributed by atoms with E-state index in [4.69, 9.17) is 4.74 Å². The van der Waals surface area contributed by atoms with E-state index in [1.54, 1.807) is 82.8 Å². The van der Waals surface area contributed by atoms with E-state index in [-0.39, 0.29) is 90.3 Å². The average Bonchev–Trinajstić information content (AvgIpc) is 3.25. The molecule has 4 amide bonds. The van der Waals surface area contributed by atoms with Crippen LogP contribution in [0.25, 0.3) is 0 Å². The lowest BCUT2D eigenvalue weighted by Crippen LogP contribution is -2.53. The number of carbonyl (C=O) groups excluding carboxylic acids is 4. The van der Waals surface area contributed by atoms with Gasteiger partial charge in [0, 0.05) is 70.4 Å². The second-order valence-corrected chi connectivity index (χ2v) is 17.7. The molecule has 3 rings (SSSR count). The van der Waals surface area contributed by atoms with Crippen LogP contribution in [0, 0.1) is 0 Å². The molecule has 23 nitrogen and oxygen atoms in total. The molecule has 0 aliphatic carbocycles. The summed E-state index contributed by atoms with van der Waals surface area (Å²) in [4.78, 5) is 118. The van der Waals surface area contributed by atoms with E-state index < -0.39 is 97.0 Å². The molecule has 380 valence electrons. The molecule has 1 heterocycles. The summed E-state index contributed by atoms with van der Waals surface area (Å²) in [5, 5.41) is 58.7. The number of carboxylic acid groups (broad SMARTS) is 5. The number of hydrogen-bond donors (Lipinski definition) is 9. The van der Waals surface area contributed by atoms with Crippen LogP contribution in [0.3, 0.4) is 0 Å². The van der Waals surface area contributed by atoms with Gasteiger partial charge in [0.05, 0.1) is 32.7 Å². The van der Waals surface area contributed by atoms with Crippen LogP contribution in [0.4, 0.5) is 4.79 Å². The topological polar surface area (TPSA) is 325 Å². The van der Waals surface area contributed by atoms with Crippen LogP contribution in [0.5, 0.6) is 0 Å². The van der Waals surface area contributed by atoms with Crippen molar-refractivity contribution >= 4 is 53.7 Å².